The molecule has 8 rings (SSSR count). The Morgan fingerprint density at radius 1 is 0.878 bits per heavy atom. The first-order valence-electron chi connectivity index (χ1n) is 15.3. The van der Waals surface area contributed by atoms with Gasteiger partial charge in [0.2, 0.25) is 5.91 Å². The molecule has 214 valence electrons. The van der Waals surface area contributed by atoms with Gasteiger partial charge in [-0.3, -0.25) is 9.69 Å². The molecule has 2 heterocycles. The van der Waals surface area contributed by atoms with Crippen molar-refractivity contribution in [1.82, 2.24) is 20.2 Å². The van der Waals surface area contributed by atoms with Crippen molar-refractivity contribution in [3.8, 4) is 16.9 Å². The first kappa shape index (κ1) is 26.6. The maximum absolute atomic E-state index is 13.4. The van der Waals surface area contributed by atoms with Crippen LogP contribution in [0.4, 0.5) is 0 Å². The second-order valence-electron chi connectivity index (χ2n) is 12.6. The van der Waals surface area contributed by atoms with Crippen LogP contribution in [0.3, 0.4) is 0 Å². The molecule has 0 spiro atoms. The number of carbonyl (C=O) groups is 1. The van der Waals surface area contributed by atoms with Crippen molar-refractivity contribution in [3.63, 3.8) is 0 Å². The van der Waals surface area contributed by atoms with Gasteiger partial charge >= 0.3 is 0 Å². The van der Waals surface area contributed by atoms with Crippen molar-refractivity contribution in [2.45, 2.75) is 51.1 Å². The third-order valence-corrected chi connectivity index (χ3v) is 9.71. The Hall–Kier alpha value is -3.29. The minimum atomic E-state index is 0.162. The monoisotopic (exact) mass is 552 g/mol. The first-order valence-corrected chi connectivity index (χ1v) is 15.3. The lowest BCUT2D eigenvalue weighted by molar-refractivity contribution is -0.126. The summed E-state index contributed by atoms with van der Waals surface area (Å²) in [6.07, 6.45) is 12.7. The van der Waals surface area contributed by atoms with Gasteiger partial charge in [0.05, 0.1) is 19.8 Å². The maximum atomic E-state index is 13.4. The molecule has 3 aromatic rings. The number of hydrogen-bond donors (Lipinski definition) is 1. The predicted molar refractivity (Wildman–Crippen MR) is 157 cm³/mol. The van der Waals surface area contributed by atoms with Crippen molar-refractivity contribution in [2.75, 3.05) is 32.9 Å². The molecule has 4 fully saturated rings. The largest absolute Gasteiger partial charge is 0.491 e. The zero-order valence-electron chi connectivity index (χ0n) is 23.7. The Balaban J connectivity index is 1.06. The number of nitrogens with zero attached hydrogens (tertiary/aromatic N) is 3. The van der Waals surface area contributed by atoms with Gasteiger partial charge < -0.3 is 14.8 Å². The lowest BCUT2D eigenvalue weighted by Crippen LogP contribution is -2.57. The maximum Gasteiger partial charge on any atom is 0.234 e. The molecule has 0 saturated heterocycles. The molecule has 6 bridgehead atoms. The van der Waals surface area contributed by atoms with Crippen molar-refractivity contribution < 1.29 is 14.3 Å². The van der Waals surface area contributed by atoms with Gasteiger partial charge in [-0.15, -0.1) is 0 Å². The van der Waals surface area contributed by atoms with Crippen LogP contribution in [0, 0.1) is 23.7 Å². The highest BCUT2D eigenvalue weighted by molar-refractivity contribution is 5.78. The van der Waals surface area contributed by atoms with E-state index in [1.807, 2.05) is 18.5 Å². The van der Waals surface area contributed by atoms with Crippen LogP contribution in [-0.4, -0.2) is 59.7 Å². The molecule has 1 aliphatic heterocycles. The van der Waals surface area contributed by atoms with E-state index in [-0.39, 0.29) is 5.91 Å². The van der Waals surface area contributed by atoms with Crippen LogP contribution in [0.2, 0.25) is 0 Å². The molecule has 1 aromatic heterocycles. The second-order valence-corrected chi connectivity index (χ2v) is 12.6. The summed E-state index contributed by atoms with van der Waals surface area (Å²) in [4.78, 5) is 24.0. The van der Waals surface area contributed by atoms with E-state index in [1.165, 1.54) is 43.2 Å². The second kappa shape index (κ2) is 11.9. The van der Waals surface area contributed by atoms with Gasteiger partial charge in [0, 0.05) is 43.5 Å². The molecule has 5 aliphatic rings. The van der Waals surface area contributed by atoms with Gasteiger partial charge in [0.1, 0.15) is 18.7 Å². The summed E-state index contributed by atoms with van der Waals surface area (Å²) in [5.74, 6) is 4.23. The molecular weight excluding hydrogens is 512 g/mol. The average molecular weight is 553 g/mol. The van der Waals surface area contributed by atoms with Crippen LogP contribution in [0.5, 0.6) is 5.75 Å². The van der Waals surface area contributed by atoms with Crippen LogP contribution in [0.15, 0.2) is 61.2 Å². The molecule has 7 heteroatoms. The molecule has 0 unspecified atom stereocenters. The van der Waals surface area contributed by atoms with Crippen LogP contribution in [0.1, 0.15) is 48.8 Å². The molecule has 4 saturated carbocycles. The molecule has 1 amide bonds. The molecule has 4 aliphatic carbocycles. The topological polar surface area (TPSA) is 76.6 Å². The zero-order valence-corrected chi connectivity index (χ0v) is 23.7. The van der Waals surface area contributed by atoms with E-state index in [2.05, 4.69) is 56.6 Å². The number of benzene rings is 2. The Morgan fingerprint density at radius 3 is 2.46 bits per heavy atom. The summed E-state index contributed by atoms with van der Waals surface area (Å²) in [6, 6.07) is 15.4. The van der Waals surface area contributed by atoms with E-state index in [0.717, 1.165) is 47.2 Å². The summed E-state index contributed by atoms with van der Waals surface area (Å²) in [7, 11) is 0. The Morgan fingerprint density at radius 2 is 1.66 bits per heavy atom. The summed E-state index contributed by atoms with van der Waals surface area (Å²) in [5, 5.41) is 3.50. The Labute approximate surface area is 242 Å². The number of nitrogens with one attached hydrogen (secondary N) is 1. The van der Waals surface area contributed by atoms with E-state index in [0.29, 0.717) is 50.8 Å². The van der Waals surface area contributed by atoms with Gasteiger partial charge in [0.15, 0.2) is 0 Å². The molecule has 0 atom stereocenters. The highest BCUT2D eigenvalue weighted by Gasteiger charge is 2.48. The lowest BCUT2D eigenvalue weighted by Gasteiger charge is -2.54. The molecule has 2 aromatic carbocycles. The number of ether oxygens (including phenoxy) is 2. The fraction of sp³-hybridized carbons (Fsp3) is 0.500. The molecule has 1 N–H and O–H groups in total. The number of amides is 1. The third kappa shape index (κ3) is 6.16. The van der Waals surface area contributed by atoms with Crippen molar-refractivity contribution >= 4 is 5.91 Å². The van der Waals surface area contributed by atoms with Gasteiger partial charge in [-0.2, -0.15) is 0 Å². The van der Waals surface area contributed by atoms with Crippen LogP contribution < -0.4 is 10.1 Å². The number of fused-ring (bicyclic) bond motifs is 3. The summed E-state index contributed by atoms with van der Waals surface area (Å²) in [5.41, 5.74) is 5.59. The van der Waals surface area contributed by atoms with Gasteiger partial charge in [0.25, 0.3) is 0 Å². The number of carbonyl (C=O) groups excluding carboxylic acids is 1. The average Bonchev–Trinajstić information content (AvgIpc) is 2.97. The normalized spacial score (nSPS) is 27.9. The standard InChI is InChI=1S/C34H40N4O3/c39-33(37-34-29-13-25-11-26(15-29)16-30(34)14-25)21-38-6-7-40-8-9-41-32-5-4-27(31-18-35-22-36-19-31)17-28(32)12-23-2-1-3-24(10-23)20-38/h1-5,10,17-19,22,25-26,29-30,34H,6-9,11-16,20-21H2,(H,37,39). The minimum Gasteiger partial charge on any atom is -0.491 e. The van der Waals surface area contributed by atoms with Gasteiger partial charge in [-0.05, 0) is 90.2 Å². The van der Waals surface area contributed by atoms with Crippen molar-refractivity contribution in [1.29, 1.82) is 0 Å². The molecule has 0 radical (unpaired) electrons. The summed E-state index contributed by atoms with van der Waals surface area (Å²) in [6.45, 7) is 3.38. The van der Waals surface area contributed by atoms with Crippen molar-refractivity contribution in [3.05, 3.63) is 77.9 Å². The predicted octanol–water partition coefficient (Wildman–Crippen LogP) is 4.89. The lowest BCUT2D eigenvalue weighted by atomic mass is 9.54. The highest BCUT2D eigenvalue weighted by Crippen LogP contribution is 2.53. The van der Waals surface area contributed by atoms with Crippen LogP contribution in [-0.2, 0) is 22.5 Å². The van der Waals surface area contributed by atoms with Crippen LogP contribution in [0.25, 0.3) is 11.1 Å². The van der Waals surface area contributed by atoms with Crippen LogP contribution >= 0.6 is 0 Å². The van der Waals surface area contributed by atoms with Crippen molar-refractivity contribution in [2.24, 2.45) is 23.7 Å². The Kier molecular flexibility index (Phi) is 7.72. The number of aromatic nitrogens is 2. The summed E-state index contributed by atoms with van der Waals surface area (Å²) >= 11 is 0. The van der Waals surface area contributed by atoms with E-state index in [4.69, 9.17) is 9.47 Å². The zero-order chi connectivity index (χ0) is 27.6. The van der Waals surface area contributed by atoms with E-state index in [1.54, 1.807) is 6.33 Å². The molecular formula is C34H40N4O3. The molecule has 7 nitrogen and oxygen atoms in total. The third-order valence-electron chi connectivity index (χ3n) is 9.71. The first-order chi connectivity index (χ1) is 20.2. The van der Waals surface area contributed by atoms with E-state index >= 15 is 0 Å². The van der Waals surface area contributed by atoms with Gasteiger partial charge in [-0.25, -0.2) is 9.97 Å². The number of hydrogen-bond acceptors (Lipinski definition) is 6. The fourth-order valence-corrected chi connectivity index (χ4v) is 8.12. The quantitative estimate of drug-likeness (QED) is 0.497. The Bertz CT molecular complexity index is 1340. The smallest absolute Gasteiger partial charge is 0.234 e. The van der Waals surface area contributed by atoms with E-state index in [9.17, 15) is 4.79 Å². The molecule has 41 heavy (non-hydrogen) atoms. The fourth-order valence-electron chi connectivity index (χ4n) is 8.12. The highest BCUT2D eigenvalue weighted by atomic mass is 16.5. The van der Waals surface area contributed by atoms with E-state index < -0.39 is 0 Å². The van der Waals surface area contributed by atoms with Gasteiger partial charge in [-0.1, -0.05) is 30.3 Å². The minimum absolute atomic E-state index is 0.162. The SMILES string of the molecule is O=C(CN1CCOCCOc2ccc(-c3cncnc3)cc2Cc2cccc(c2)C1)NC1C2CC3CC(C2)CC1C3. The summed E-state index contributed by atoms with van der Waals surface area (Å²) < 4.78 is 12.1. The number of rotatable bonds is 4.